The molecular weight excluding hydrogens is 278 g/mol. The van der Waals surface area contributed by atoms with Crippen LogP contribution in [0.5, 0.6) is 5.75 Å². The van der Waals surface area contributed by atoms with Crippen molar-refractivity contribution in [2.75, 3.05) is 0 Å². The lowest BCUT2D eigenvalue weighted by molar-refractivity contribution is 0.140. The molecule has 0 bridgehead atoms. The number of carbonyl (C=O) groups is 1. The maximum absolute atomic E-state index is 11.5. The molecule has 0 unspecified atom stereocenters. The minimum atomic E-state index is -1.96. The number of hydrogen-bond acceptors (Lipinski definition) is 5. The summed E-state index contributed by atoms with van der Waals surface area (Å²) in [5, 5.41) is 0.765. The van der Waals surface area contributed by atoms with Gasteiger partial charge in [0.25, 0.3) is 0 Å². The first-order valence-electron chi connectivity index (χ1n) is 6.03. The van der Waals surface area contributed by atoms with Gasteiger partial charge in [0, 0.05) is 17.5 Å². The zero-order valence-electron chi connectivity index (χ0n) is 11.4. The molecule has 0 spiro atoms. The SMILES string of the molecule is C[Si](C)(C)OC(=O)NOc1ccc2ccc(=O)oc2c1. The van der Waals surface area contributed by atoms with Crippen molar-refractivity contribution in [1.29, 1.82) is 0 Å². The Kier molecular flexibility index (Phi) is 3.80. The third-order valence-electron chi connectivity index (χ3n) is 2.25. The van der Waals surface area contributed by atoms with Crippen molar-refractivity contribution < 1.29 is 18.5 Å². The Balaban J connectivity index is 2.07. The number of hydrogen-bond donors (Lipinski definition) is 1. The molecule has 0 aliphatic carbocycles. The smallest absolute Gasteiger partial charge is 0.427 e. The molecule has 0 fully saturated rings. The number of nitrogens with one attached hydrogen (secondary N) is 1. The third-order valence-corrected chi connectivity index (χ3v) is 3.04. The molecule has 20 heavy (non-hydrogen) atoms. The molecule has 0 aliphatic rings. The molecular formula is C13H15NO5Si. The maximum atomic E-state index is 11.5. The van der Waals surface area contributed by atoms with Gasteiger partial charge < -0.3 is 13.7 Å². The van der Waals surface area contributed by atoms with Crippen LogP contribution in [0.3, 0.4) is 0 Å². The van der Waals surface area contributed by atoms with E-state index in [2.05, 4.69) is 5.48 Å². The number of carbonyl (C=O) groups excluding carboxylic acids is 1. The predicted molar refractivity (Wildman–Crippen MR) is 76.1 cm³/mol. The molecule has 0 radical (unpaired) electrons. The van der Waals surface area contributed by atoms with E-state index in [1.807, 2.05) is 19.6 Å². The maximum Gasteiger partial charge on any atom is 0.427 e. The fourth-order valence-electron chi connectivity index (χ4n) is 1.50. The molecule has 7 heteroatoms. The normalized spacial score (nSPS) is 11.2. The molecule has 0 saturated carbocycles. The summed E-state index contributed by atoms with van der Waals surface area (Å²) in [6.45, 7) is 5.66. The van der Waals surface area contributed by atoms with E-state index >= 15 is 0 Å². The average molecular weight is 293 g/mol. The van der Waals surface area contributed by atoms with E-state index in [1.54, 1.807) is 18.2 Å². The van der Waals surface area contributed by atoms with Gasteiger partial charge in [0.1, 0.15) is 5.58 Å². The number of rotatable bonds is 3. The number of fused-ring (bicyclic) bond motifs is 1. The summed E-state index contributed by atoms with van der Waals surface area (Å²) in [4.78, 5) is 27.7. The van der Waals surface area contributed by atoms with Crippen molar-refractivity contribution in [3.05, 3.63) is 40.8 Å². The number of benzene rings is 1. The average Bonchev–Trinajstić information content (AvgIpc) is 2.33. The van der Waals surface area contributed by atoms with Crippen LogP contribution in [-0.4, -0.2) is 14.4 Å². The summed E-state index contributed by atoms with van der Waals surface area (Å²) in [5.74, 6) is 0.347. The summed E-state index contributed by atoms with van der Waals surface area (Å²) in [6, 6.07) is 7.88. The van der Waals surface area contributed by atoms with Gasteiger partial charge >= 0.3 is 11.7 Å². The highest BCUT2D eigenvalue weighted by molar-refractivity contribution is 6.71. The fraction of sp³-hybridized carbons (Fsp3) is 0.231. The Morgan fingerprint density at radius 2 is 1.90 bits per heavy atom. The highest BCUT2D eigenvalue weighted by Crippen LogP contribution is 2.18. The van der Waals surface area contributed by atoms with Crippen LogP contribution in [-0.2, 0) is 4.43 Å². The number of hydroxylamine groups is 1. The Morgan fingerprint density at radius 3 is 2.60 bits per heavy atom. The van der Waals surface area contributed by atoms with Crippen molar-refractivity contribution in [1.82, 2.24) is 5.48 Å². The molecule has 1 aromatic carbocycles. The van der Waals surface area contributed by atoms with Crippen LogP contribution in [0.25, 0.3) is 11.0 Å². The molecule has 1 N–H and O–H groups in total. The second kappa shape index (κ2) is 5.38. The lowest BCUT2D eigenvalue weighted by atomic mass is 10.2. The molecule has 2 rings (SSSR count). The molecule has 1 amide bonds. The quantitative estimate of drug-likeness (QED) is 0.535. The highest BCUT2D eigenvalue weighted by Gasteiger charge is 2.20. The predicted octanol–water partition coefficient (Wildman–Crippen LogP) is 2.65. The minimum Gasteiger partial charge on any atom is -0.502 e. The van der Waals surface area contributed by atoms with E-state index < -0.39 is 20.0 Å². The van der Waals surface area contributed by atoms with E-state index in [9.17, 15) is 9.59 Å². The van der Waals surface area contributed by atoms with E-state index in [0.29, 0.717) is 11.3 Å². The van der Waals surface area contributed by atoms with Gasteiger partial charge in [-0.25, -0.2) is 9.59 Å². The lowest BCUT2D eigenvalue weighted by Crippen LogP contribution is -2.37. The first-order valence-corrected chi connectivity index (χ1v) is 9.44. The Bertz CT molecular complexity index is 689. The minimum absolute atomic E-state index is 0.347. The van der Waals surface area contributed by atoms with Gasteiger partial charge in [-0.3, -0.25) is 0 Å². The topological polar surface area (TPSA) is 77.8 Å². The lowest BCUT2D eigenvalue weighted by Gasteiger charge is -2.17. The molecule has 2 aromatic rings. The van der Waals surface area contributed by atoms with Gasteiger partial charge in [0.2, 0.25) is 8.32 Å². The third kappa shape index (κ3) is 3.85. The highest BCUT2D eigenvalue weighted by atomic mass is 28.4. The van der Waals surface area contributed by atoms with Crippen LogP contribution in [0.2, 0.25) is 19.6 Å². The van der Waals surface area contributed by atoms with Crippen LogP contribution >= 0.6 is 0 Å². The molecule has 106 valence electrons. The second-order valence-electron chi connectivity index (χ2n) is 5.16. The summed E-state index contributed by atoms with van der Waals surface area (Å²) in [5.41, 5.74) is 2.13. The van der Waals surface area contributed by atoms with Crippen LogP contribution in [0.15, 0.2) is 39.5 Å². The van der Waals surface area contributed by atoms with Gasteiger partial charge in [0.15, 0.2) is 5.75 Å². The largest absolute Gasteiger partial charge is 0.502 e. The van der Waals surface area contributed by atoms with Crippen molar-refractivity contribution in [3.8, 4) is 5.75 Å². The molecule has 0 saturated heterocycles. The number of amides is 1. The first kappa shape index (κ1) is 14.1. The summed E-state index contributed by atoms with van der Waals surface area (Å²) in [6.07, 6.45) is -0.640. The van der Waals surface area contributed by atoms with Crippen molar-refractivity contribution in [3.63, 3.8) is 0 Å². The Morgan fingerprint density at radius 1 is 1.20 bits per heavy atom. The van der Waals surface area contributed by atoms with Gasteiger partial charge in [-0.1, -0.05) is 0 Å². The fourth-order valence-corrected chi connectivity index (χ4v) is 2.10. The van der Waals surface area contributed by atoms with Crippen LogP contribution in [0, 0.1) is 0 Å². The van der Waals surface area contributed by atoms with E-state index in [4.69, 9.17) is 13.7 Å². The zero-order valence-corrected chi connectivity index (χ0v) is 12.4. The van der Waals surface area contributed by atoms with Crippen LogP contribution < -0.4 is 15.9 Å². The van der Waals surface area contributed by atoms with Crippen molar-refractivity contribution >= 4 is 25.4 Å². The van der Waals surface area contributed by atoms with E-state index in [0.717, 1.165) is 5.39 Å². The van der Waals surface area contributed by atoms with Gasteiger partial charge in [-0.2, -0.15) is 5.48 Å². The van der Waals surface area contributed by atoms with Crippen molar-refractivity contribution in [2.24, 2.45) is 0 Å². The van der Waals surface area contributed by atoms with E-state index in [1.165, 1.54) is 12.1 Å². The van der Waals surface area contributed by atoms with Gasteiger partial charge in [-0.15, -0.1) is 0 Å². The molecule has 0 aliphatic heterocycles. The van der Waals surface area contributed by atoms with Crippen LogP contribution in [0.4, 0.5) is 4.79 Å². The summed E-state index contributed by atoms with van der Waals surface area (Å²) < 4.78 is 10.2. The van der Waals surface area contributed by atoms with Crippen molar-refractivity contribution in [2.45, 2.75) is 19.6 Å². The molecule has 1 heterocycles. The van der Waals surface area contributed by atoms with Gasteiger partial charge in [0.05, 0.1) is 0 Å². The molecule has 0 atom stereocenters. The first-order chi connectivity index (χ1) is 9.33. The van der Waals surface area contributed by atoms with Crippen LogP contribution in [0.1, 0.15) is 0 Å². The summed E-state index contributed by atoms with van der Waals surface area (Å²) >= 11 is 0. The Labute approximate surface area is 116 Å². The standard InChI is InChI=1S/C13H15NO5Si/c1-20(2,3)19-13(16)14-18-10-6-4-9-5-7-12(15)17-11(9)8-10/h4-8H,1-3H3,(H,14,16). The second-order valence-corrected chi connectivity index (χ2v) is 9.59. The van der Waals surface area contributed by atoms with E-state index in [-0.39, 0.29) is 0 Å². The monoisotopic (exact) mass is 293 g/mol. The summed E-state index contributed by atoms with van der Waals surface area (Å²) in [7, 11) is -1.96. The molecule has 6 nitrogen and oxygen atoms in total. The zero-order chi connectivity index (χ0) is 14.8. The molecule has 1 aromatic heterocycles. The van der Waals surface area contributed by atoms with Gasteiger partial charge in [-0.05, 0) is 37.8 Å². The Hall–Kier alpha value is -2.28.